The Hall–Kier alpha value is -1.56. The van der Waals surface area contributed by atoms with Gasteiger partial charge in [-0.15, -0.1) is 0 Å². The molecule has 0 spiro atoms. The molecule has 0 aliphatic heterocycles. The van der Waals surface area contributed by atoms with Crippen LogP contribution in [0.4, 0.5) is 0 Å². The van der Waals surface area contributed by atoms with Gasteiger partial charge in [0, 0.05) is 5.92 Å². The van der Waals surface area contributed by atoms with Crippen molar-refractivity contribution >= 4 is 5.57 Å². The molecular weight excluding hydrogens is 204 g/mol. The van der Waals surface area contributed by atoms with Crippen LogP contribution in [0.2, 0.25) is 0 Å². The van der Waals surface area contributed by atoms with Gasteiger partial charge in [-0.25, -0.2) is 0 Å². The Morgan fingerprint density at radius 3 is 2.82 bits per heavy atom. The molecule has 0 bridgehead atoms. The van der Waals surface area contributed by atoms with E-state index in [1.54, 1.807) is 22.3 Å². The van der Waals surface area contributed by atoms with Crippen molar-refractivity contribution < 1.29 is 0 Å². The number of benzene rings is 1. The molecule has 0 nitrogen and oxygen atoms in total. The summed E-state index contributed by atoms with van der Waals surface area (Å²) in [5.74, 6) is 1.38. The van der Waals surface area contributed by atoms with E-state index in [4.69, 9.17) is 0 Å². The molecule has 0 N–H and O–H groups in total. The van der Waals surface area contributed by atoms with E-state index in [1.807, 2.05) is 0 Å². The average Bonchev–Trinajstić information content (AvgIpc) is 2.93. The highest BCUT2D eigenvalue weighted by molar-refractivity contribution is 5.85. The summed E-state index contributed by atoms with van der Waals surface area (Å²) in [7, 11) is 0. The van der Waals surface area contributed by atoms with E-state index in [1.165, 1.54) is 12.0 Å². The number of hydrogen-bond acceptors (Lipinski definition) is 0. The monoisotopic (exact) mass is 220 g/mol. The van der Waals surface area contributed by atoms with Crippen LogP contribution >= 0.6 is 0 Å². The van der Waals surface area contributed by atoms with Crippen LogP contribution < -0.4 is 0 Å². The lowest BCUT2D eigenvalue weighted by atomic mass is 9.73. The average molecular weight is 220 g/mol. The molecule has 1 aromatic rings. The van der Waals surface area contributed by atoms with Crippen molar-refractivity contribution in [3.05, 3.63) is 64.8 Å². The van der Waals surface area contributed by atoms with Crippen LogP contribution in [0, 0.1) is 5.92 Å². The first-order valence-corrected chi connectivity index (χ1v) is 6.54. The fraction of sp³-hybridized carbons (Fsp3) is 0.294. The van der Waals surface area contributed by atoms with Gasteiger partial charge in [-0.05, 0) is 35.5 Å². The van der Waals surface area contributed by atoms with Crippen molar-refractivity contribution in [2.45, 2.75) is 25.7 Å². The molecule has 2 unspecified atom stereocenters. The quantitative estimate of drug-likeness (QED) is 0.655. The Kier molecular flexibility index (Phi) is 1.80. The maximum absolute atomic E-state index is 2.38. The van der Waals surface area contributed by atoms with Gasteiger partial charge in [0.15, 0.2) is 0 Å². The topological polar surface area (TPSA) is 0 Å². The summed E-state index contributed by atoms with van der Waals surface area (Å²) in [6, 6.07) is 8.99. The normalized spacial score (nSPS) is 28.9. The molecule has 2 atom stereocenters. The zero-order valence-electron chi connectivity index (χ0n) is 10.1. The summed E-state index contributed by atoms with van der Waals surface area (Å²) >= 11 is 0. The van der Waals surface area contributed by atoms with Crippen LogP contribution in [-0.2, 0) is 0 Å². The van der Waals surface area contributed by atoms with Crippen molar-refractivity contribution in [2.75, 3.05) is 0 Å². The fourth-order valence-electron chi connectivity index (χ4n) is 3.69. The van der Waals surface area contributed by atoms with Gasteiger partial charge in [0.2, 0.25) is 0 Å². The Balaban J connectivity index is 1.89. The van der Waals surface area contributed by atoms with Gasteiger partial charge in [-0.2, -0.15) is 0 Å². The molecule has 0 heterocycles. The van der Waals surface area contributed by atoms with E-state index in [9.17, 15) is 0 Å². The predicted octanol–water partition coefficient (Wildman–Crippen LogP) is 4.46. The van der Waals surface area contributed by atoms with Gasteiger partial charge < -0.3 is 0 Å². The van der Waals surface area contributed by atoms with Gasteiger partial charge in [0.1, 0.15) is 0 Å². The molecule has 4 rings (SSSR count). The Bertz CT molecular complexity index is 584. The second-order valence-corrected chi connectivity index (χ2v) is 5.43. The minimum atomic E-state index is 0.597. The third kappa shape index (κ3) is 1.13. The first kappa shape index (κ1) is 9.47. The lowest BCUT2D eigenvalue weighted by molar-refractivity contribution is 0.608. The van der Waals surface area contributed by atoms with Crippen molar-refractivity contribution in [2.24, 2.45) is 5.92 Å². The molecule has 0 amide bonds. The number of hydrogen-bond donors (Lipinski definition) is 0. The van der Waals surface area contributed by atoms with Crippen LogP contribution in [0.25, 0.3) is 5.57 Å². The lowest BCUT2D eigenvalue weighted by Gasteiger charge is -2.31. The first-order valence-electron chi connectivity index (χ1n) is 6.54. The summed E-state index contributed by atoms with van der Waals surface area (Å²) < 4.78 is 0. The third-order valence-corrected chi connectivity index (χ3v) is 4.47. The van der Waals surface area contributed by atoms with Crippen molar-refractivity contribution in [1.82, 2.24) is 0 Å². The van der Waals surface area contributed by atoms with E-state index in [0.29, 0.717) is 5.92 Å². The van der Waals surface area contributed by atoms with Crippen molar-refractivity contribution in [3.8, 4) is 0 Å². The Labute approximate surface area is 102 Å². The molecule has 84 valence electrons. The molecular formula is C17H16. The first-order chi connectivity index (χ1) is 8.36. The van der Waals surface area contributed by atoms with E-state index in [0.717, 1.165) is 12.3 Å². The summed E-state index contributed by atoms with van der Waals surface area (Å²) in [4.78, 5) is 0. The predicted molar refractivity (Wildman–Crippen MR) is 71.7 cm³/mol. The van der Waals surface area contributed by atoms with Gasteiger partial charge >= 0.3 is 0 Å². The van der Waals surface area contributed by atoms with E-state index in [-0.39, 0.29) is 0 Å². The maximum atomic E-state index is 2.38. The van der Waals surface area contributed by atoms with Crippen molar-refractivity contribution in [3.63, 3.8) is 0 Å². The molecule has 0 aromatic heterocycles. The zero-order chi connectivity index (χ0) is 11.4. The molecule has 0 heteroatoms. The van der Waals surface area contributed by atoms with Gasteiger partial charge in [0.05, 0.1) is 0 Å². The molecule has 0 fully saturated rings. The SMILES string of the molecule is CC1CC2=C1C(C1=CC=CC1)c1ccccc12. The number of allylic oxidation sites excluding steroid dienone is 6. The standard InChI is InChI=1S/C17H16/c1-11-10-15-13-8-4-5-9-14(13)17(16(11)15)12-6-2-3-7-12/h2-6,8-9,11,17H,7,10H2,1H3. The van der Waals surface area contributed by atoms with E-state index >= 15 is 0 Å². The number of fused-ring (bicyclic) bond motifs is 2. The molecule has 1 aromatic carbocycles. The molecule has 17 heavy (non-hydrogen) atoms. The van der Waals surface area contributed by atoms with E-state index in [2.05, 4.69) is 49.4 Å². The number of rotatable bonds is 1. The highest BCUT2D eigenvalue weighted by Gasteiger charge is 2.41. The Morgan fingerprint density at radius 1 is 1.18 bits per heavy atom. The zero-order valence-corrected chi connectivity index (χ0v) is 10.1. The molecule has 0 radical (unpaired) electrons. The van der Waals surface area contributed by atoms with Crippen LogP contribution in [-0.4, -0.2) is 0 Å². The summed E-state index contributed by atoms with van der Waals surface area (Å²) in [5, 5.41) is 0. The second kappa shape index (κ2) is 3.22. The second-order valence-electron chi connectivity index (χ2n) is 5.43. The minimum Gasteiger partial charge on any atom is -0.0804 e. The van der Waals surface area contributed by atoms with Gasteiger partial charge in [0.25, 0.3) is 0 Å². The van der Waals surface area contributed by atoms with Gasteiger partial charge in [-0.3, -0.25) is 0 Å². The highest BCUT2D eigenvalue weighted by Crippen LogP contribution is 2.58. The van der Waals surface area contributed by atoms with Crippen LogP contribution in [0.15, 0.2) is 53.6 Å². The molecule has 3 aliphatic rings. The fourth-order valence-corrected chi connectivity index (χ4v) is 3.69. The smallest absolute Gasteiger partial charge is 0.0278 e. The third-order valence-electron chi connectivity index (χ3n) is 4.47. The molecule has 3 aliphatic carbocycles. The largest absolute Gasteiger partial charge is 0.0804 e. The van der Waals surface area contributed by atoms with E-state index < -0.39 is 0 Å². The lowest BCUT2D eigenvalue weighted by Crippen LogP contribution is -2.15. The van der Waals surface area contributed by atoms with Crippen molar-refractivity contribution in [1.29, 1.82) is 0 Å². The molecule has 0 saturated heterocycles. The summed E-state index contributed by atoms with van der Waals surface area (Å²) in [6.07, 6.45) is 9.23. The highest BCUT2D eigenvalue weighted by atomic mass is 14.4. The minimum absolute atomic E-state index is 0.597. The summed E-state index contributed by atoms with van der Waals surface area (Å²) in [6.45, 7) is 2.38. The van der Waals surface area contributed by atoms with Crippen LogP contribution in [0.1, 0.15) is 36.8 Å². The van der Waals surface area contributed by atoms with Crippen LogP contribution in [0.5, 0.6) is 0 Å². The summed E-state index contributed by atoms with van der Waals surface area (Å²) in [5.41, 5.74) is 8.02. The van der Waals surface area contributed by atoms with Gasteiger partial charge in [-0.1, -0.05) is 60.6 Å². The molecule has 0 saturated carbocycles. The Morgan fingerprint density at radius 2 is 2.06 bits per heavy atom. The maximum Gasteiger partial charge on any atom is 0.0278 e. The van der Waals surface area contributed by atoms with Crippen LogP contribution in [0.3, 0.4) is 0 Å².